The van der Waals surface area contributed by atoms with E-state index < -0.39 is 15.8 Å². The summed E-state index contributed by atoms with van der Waals surface area (Å²) in [7, 11) is -0.492. The zero-order valence-corrected chi connectivity index (χ0v) is 16.1. The van der Waals surface area contributed by atoms with Crippen LogP contribution in [0.15, 0.2) is 36.5 Å². The molecule has 0 aliphatic rings. The minimum atomic E-state index is -3.46. The molecule has 0 aliphatic heterocycles. The summed E-state index contributed by atoms with van der Waals surface area (Å²) in [6.07, 6.45) is 2.67. The Kier molecular flexibility index (Phi) is 4.64. The van der Waals surface area contributed by atoms with Crippen molar-refractivity contribution in [3.8, 4) is 11.3 Å². The van der Waals surface area contributed by atoms with E-state index in [9.17, 15) is 17.6 Å². The van der Waals surface area contributed by atoms with E-state index in [0.29, 0.717) is 33.6 Å². The first-order chi connectivity index (χ1) is 12.6. The maximum Gasteiger partial charge on any atom is 0.255 e. The van der Waals surface area contributed by atoms with Gasteiger partial charge >= 0.3 is 0 Å². The molecule has 2 heterocycles. The van der Waals surface area contributed by atoms with Crippen molar-refractivity contribution in [2.24, 2.45) is 0 Å². The minimum absolute atomic E-state index is 0.334. The number of sulfonamides is 1. The first-order valence-electron chi connectivity index (χ1n) is 8.08. The number of aryl methyl sites for hydroxylation is 1. The highest BCUT2D eigenvalue weighted by Crippen LogP contribution is 2.30. The quantitative estimate of drug-likeness (QED) is 0.740. The molecule has 0 unspecified atom stereocenters. The van der Waals surface area contributed by atoms with E-state index in [1.807, 2.05) is 0 Å². The van der Waals surface area contributed by atoms with Crippen LogP contribution in [-0.4, -0.2) is 44.3 Å². The molecule has 9 heteroatoms. The average molecular weight is 390 g/mol. The Labute approximate surface area is 156 Å². The van der Waals surface area contributed by atoms with E-state index in [1.54, 1.807) is 31.3 Å². The lowest BCUT2D eigenvalue weighted by molar-refractivity contribution is 0.0965. The Morgan fingerprint density at radius 2 is 1.89 bits per heavy atom. The van der Waals surface area contributed by atoms with Crippen molar-refractivity contribution in [3.63, 3.8) is 0 Å². The van der Waals surface area contributed by atoms with Crippen molar-refractivity contribution >= 4 is 27.1 Å². The van der Waals surface area contributed by atoms with Crippen LogP contribution in [0.3, 0.4) is 0 Å². The molecule has 0 fully saturated rings. The summed E-state index contributed by atoms with van der Waals surface area (Å²) in [4.78, 5) is 12.5. The van der Waals surface area contributed by atoms with Crippen LogP contribution in [0.2, 0.25) is 0 Å². The number of fused-ring (bicyclic) bond motifs is 1. The number of pyridine rings is 1. The number of rotatable bonds is 4. The van der Waals surface area contributed by atoms with E-state index in [-0.39, 0.29) is 5.91 Å². The summed E-state index contributed by atoms with van der Waals surface area (Å²) >= 11 is 0. The molecule has 2 aromatic heterocycles. The molecule has 142 valence electrons. The van der Waals surface area contributed by atoms with Gasteiger partial charge in [-0.1, -0.05) is 0 Å². The Morgan fingerprint density at radius 3 is 2.44 bits per heavy atom. The highest BCUT2D eigenvalue weighted by molar-refractivity contribution is 7.92. The molecule has 27 heavy (non-hydrogen) atoms. The zero-order chi connectivity index (χ0) is 19.9. The molecule has 0 bridgehead atoms. The topological polar surface area (TPSA) is 83.8 Å². The van der Waals surface area contributed by atoms with Gasteiger partial charge in [-0.15, -0.1) is 0 Å². The molecule has 7 nitrogen and oxygen atoms in total. The number of aromatic nitrogens is 2. The molecule has 1 amide bonds. The molecule has 0 spiro atoms. The van der Waals surface area contributed by atoms with Crippen molar-refractivity contribution < 1.29 is 17.6 Å². The highest BCUT2D eigenvalue weighted by Gasteiger charge is 2.23. The lowest BCUT2D eigenvalue weighted by atomic mass is 10.1. The fourth-order valence-electron chi connectivity index (χ4n) is 2.85. The highest BCUT2D eigenvalue weighted by atomic mass is 32.2. The molecule has 0 atom stereocenters. The van der Waals surface area contributed by atoms with Gasteiger partial charge in [-0.2, -0.15) is 5.10 Å². The number of hydrogen-bond donors (Lipinski definition) is 1. The molecular weight excluding hydrogens is 371 g/mol. The summed E-state index contributed by atoms with van der Waals surface area (Å²) in [6, 6.07) is 7.38. The Morgan fingerprint density at radius 1 is 1.26 bits per heavy atom. The second-order valence-electron chi connectivity index (χ2n) is 6.21. The Hall–Kier alpha value is -2.94. The third kappa shape index (κ3) is 3.37. The number of hydrogen-bond acceptors (Lipinski definition) is 4. The predicted octanol–water partition coefficient (Wildman–Crippen LogP) is 2.20. The third-order valence-corrected chi connectivity index (χ3v) is 5.55. The predicted molar refractivity (Wildman–Crippen MR) is 102 cm³/mol. The number of halogens is 1. The molecule has 0 aliphatic carbocycles. The van der Waals surface area contributed by atoms with Crippen molar-refractivity contribution in [1.29, 1.82) is 0 Å². The van der Waals surface area contributed by atoms with E-state index in [1.165, 1.54) is 30.7 Å². The first kappa shape index (κ1) is 18.8. The van der Waals surface area contributed by atoms with Gasteiger partial charge in [0.2, 0.25) is 10.0 Å². The minimum Gasteiger partial charge on any atom is -0.355 e. The summed E-state index contributed by atoms with van der Waals surface area (Å²) < 4.78 is 39.7. The van der Waals surface area contributed by atoms with E-state index in [2.05, 4.69) is 10.4 Å². The van der Waals surface area contributed by atoms with E-state index in [0.717, 1.165) is 10.6 Å². The van der Waals surface area contributed by atoms with Gasteiger partial charge in [-0.05, 0) is 42.8 Å². The van der Waals surface area contributed by atoms with Crippen LogP contribution in [0.5, 0.6) is 0 Å². The molecule has 0 saturated heterocycles. The van der Waals surface area contributed by atoms with Crippen LogP contribution in [0.25, 0.3) is 16.8 Å². The SMILES string of the molecule is CNC(=O)c1c(-c2ccc(F)cc2)nn2cc(N(C)S(C)(=O)=O)c(C)cc12. The van der Waals surface area contributed by atoms with Gasteiger partial charge in [0.05, 0.1) is 29.2 Å². The van der Waals surface area contributed by atoms with Crippen LogP contribution in [-0.2, 0) is 10.0 Å². The van der Waals surface area contributed by atoms with Crippen molar-refractivity contribution in [3.05, 3.63) is 53.5 Å². The smallest absolute Gasteiger partial charge is 0.255 e. The van der Waals surface area contributed by atoms with Gasteiger partial charge in [0, 0.05) is 19.7 Å². The molecular formula is C18H19FN4O3S. The van der Waals surface area contributed by atoms with Crippen LogP contribution in [0.1, 0.15) is 15.9 Å². The monoisotopic (exact) mass is 390 g/mol. The van der Waals surface area contributed by atoms with Crippen molar-refractivity contribution in [2.45, 2.75) is 6.92 Å². The van der Waals surface area contributed by atoms with Gasteiger partial charge in [-0.25, -0.2) is 17.3 Å². The third-order valence-electron chi connectivity index (χ3n) is 4.36. The molecule has 0 radical (unpaired) electrons. The lowest BCUT2D eigenvalue weighted by Crippen LogP contribution is -2.26. The maximum absolute atomic E-state index is 13.3. The molecule has 1 aromatic carbocycles. The summed E-state index contributed by atoms with van der Waals surface area (Å²) in [5, 5.41) is 7.05. The van der Waals surface area contributed by atoms with Gasteiger partial charge in [0.25, 0.3) is 5.91 Å². The second kappa shape index (κ2) is 6.66. The second-order valence-corrected chi connectivity index (χ2v) is 8.23. The number of amides is 1. The van der Waals surface area contributed by atoms with Crippen LogP contribution in [0, 0.1) is 12.7 Å². The van der Waals surface area contributed by atoms with Gasteiger partial charge in [-0.3, -0.25) is 9.10 Å². The number of nitrogens with one attached hydrogen (secondary N) is 1. The summed E-state index contributed by atoms with van der Waals surface area (Å²) in [6.45, 7) is 1.76. The van der Waals surface area contributed by atoms with Gasteiger partial charge in [0.1, 0.15) is 11.5 Å². The zero-order valence-electron chi connectivity index (χ0n) is 15.3. The molecule has 3 aromatic rings. The normalized spacial score (nSPS) is 11.6. The largest absolute Gasteiger partial charge is 0.355 e. The molecule has 1 N–H and O–H groups in total. The maximum atomic E-state index is 13.3. The number of anilines is 1. The fraction of sp³-hybridized carbons (Fsp3) is 0.222. The van der Waals surface area contributed by atoms with Gasteiger partial charge in [0.15, 0.2) is 0 Å². The fourth-order valence-corrected chi connectivity index (χ4v) is 3.40. The molecule has 0 saturated carbocycles. The van der Waals surface area contributed by atoms with Crippen molar-refractivity contribution in [2.75, 3.05) is 24.7 Å². The summed E-state index contributed by atoms with van der Waals surface area (Å²) in [5.74, 6) is -0.732. The van der Waals surface area contributed by atoms with E-state index >= 15 is 0 Å². The average Bonchev–Trinajstić information content (AvgIpc) is 2.97. The number of nitrogens with zero attached hydrogens (tertiary/aromatic N) is 3. The van der Waals surface area contributed by atoms with Crippen LogP contribution in [0.4, 0.5) is 10.1 Å². The number of carbonyl (C=O) groups excluding carboxylic acids is 1. The Bertz CT molecular complexity index is 1140. The van der Waals surface area contributed by atoms with Gasteiger partial charge < -0.3 is 5.32 Å². The van der Waals surface area contributed by atoms with Crippen LogP contribution >= 0.6 is 0 Å². The summed E-state index contributed by atoms with van der Waals surface area (Å²) in [5.41, 5.74) is 2.94. The van der Waals surface area contributed by atoms with Crippen LogP contribution < -0.4 is 9.62 Å². The number of carbonyl (C=O) groups is 1. The first-order valence-corrected chi connectivity index (χ1v) is 9.93. The van der Waals surface area contributed by atoms with Crippen molar-refractivity contribution in [1.82, 2.24) is 14.9 Å². The standard InChI is InChI=1S/C18H19FN4O3S/c1-11-9-14-16(18(24)20-2)17(12-5-7-13(19)8-6-12)21-23(14)10-15(11)22(3)27(4,25)26/h5-10H,1-4H3,(H,20,24). The number of benzene rings is 1. The lowest BCUT2D eigenvalue weighted by Gasteiger charge is -2.19. The molecule has 3 rings (SSSR count). The van der Waals surface area contributed by atoms with E-state index in [4.69, 9.17) is 0 Å². The Balaban J connectivity index is 2.30.